The van der Waals surface area contributed by atoms with E-state index in [0.29, 0.717) is 30.6 Å². The molecule has 2 amide bonds. The molecular weight excluding hydrogens is 418 g/mol. The first kappa shape index (κ1) is 21.2. The van der Waals surface area contributed by atoms with Crippen molar-refractivity contribution in [3.05, 3.63) is 53.7 Å². The lowest BCUT2D eigenvalue weighted by atomic mass is 9.97. The average Bonchev–Trinajstić information content (AvgIpc) is 3.63. The van der Waals surface area contributed by atoms with E-state index in [9.17, 15) is 9.59 Å². The lowest BCUT2D eigenvalue weighted by Gasteiger charge is -2.31. The third-order valence-corrected chi connectivity index (χ3v) is 6.40. The van der Waals surface area contributed by atoms with Crippen LogP contribution in [0.2, 0.25) is 0 Å². The summed E-state index contributed by atoms with van der Waals surface area (Å²) in [5.74, 6) is 0.647. The monoisotopic (exact) mass is 445 g/mol. The molecule has 2 aliphatic rings. The predicted octanol–water partition coefficient (Wildman–Crippen LogP) is 3.73. The molecule has 2 heterocycles. The first-order valence-corrected chi connectivity index (χ1v) is 11.4. The molecule has 1 aromatic heterocycles. The van der Waals surface area contributed by atoms with Gasteiger partial charge < -0.3 is 20.6 Å². The Morgan fingerprint density at radius 1 is 1.00 bits per heavy atom. The Labute approximate surface area is 192 Å². The van der Waals surface area contributed by atoms with Gasteiger partial charge in [0, 0.05) is 42.3 Å². The molecule has 5 rings (SSSR count). The smallest absolute Gasteiger partial charge is 0.404 e. The summed E-state index contributed by atoms with van der Waals surface area (Å²) < 4.78 is 0. The molecule has 1 aliphatic carbocycles. The van der Waals surface area contributed by atoms with E-state index >= 15 is 0 Å². The molecule has 0 radical (unpaired) electrons. The van der Waals surface area contributed by atoms with E-state index < -0.39 is 6.09 Å². The molecular formula is C25H27N5O3. The normalized spacial score (nSPS) is 16.6. The number of nitrogens with one attached hydrogen (secondary N) is 2. The number of fused-ring (bicyclic) bond motifs is 1. The van der Waals surface area contributed by atoms with E-state index in [1.165, 1.54) is 0 Å². The number of carbonyl (C=O) groups is 2. The molecule has 3 N–H and O–H groups in total. The summed E-state index contributed by atoms with van der Waals surface area (Å²) in [4.78, 5) is 34.7. The van der Waals surface area contributed by atoms with Gasteiger partial charge in [-0.25, -0.2) is 14.8 Å². The van der Waals surface area contributed by atoms with Crippen molar-refractivity contribution in [2.75, 3.05) is 18.0 Å². The molecule has 1 saturated heterocycles. The van der Waals surface area contributed by atoms with Crippen molar-refractivity contribution in [3.8, 4) is 11.1 Å². The minimum Gasteiger partial charge on any atom is -0.465 e. The average molecular weight is 446 g/mol. The Balaban J connectivity index is 1.35. The first-order chi connectivity index (χ1) is 16.0. The largest absolute Gasteiger partial charge is 0.465 e. The van der Waals surface area contributed by atoms with Gasteiger partial charge in [-0.15, -0.1) is 0 Å². The van der Waals surface area contributed by atoms with Crippen molar-refractivity contribution in [2.45, 2.75) is 44.7 Å². The molecule has 0 unspecified atom stereocenters. The summed E-state index contributed by atoms with van der Waals surface area (Å²) in [6.45, 7) is 3.47. The molecule has 0 atom stereocenters. The maximum atomic E-state index is 12.5. The SMILES string of the molecule is Cc1ccc(C(=O)NC2CC2)cc1-c1ccc2nc(N3CCC(NC(=O)O)CC3)ncc2c1. The van der Waals surface area contributed by atoms with Crippen LogP contribution in [0.4, 0.5) is 10.7 Å². The van der Waals surface area contributed by atoms with Gasteiger partial charge in [0.15, 0.2) is 0 Å². The van der Waals surface area contributed by atoms with Crippen LogP contribution in [0.25, 0.3) is 22.0 Å². The van der Waals surface area contributed by atoms with Crippen LogP contribution in [-0.2, 0) is 0 Å². The molecule has 8 nitrogen and oxygen atoms in total. The van der Waals surface area contributed by atoms with Crippen LogP contribution in [-0.4, -0.2) is 52.2 Å². The number of amides is 2. The Morgan fingerprint density at radius 2 is 1.76 bits per heavy atom. The molecule has 0 bridgehead atoms. The number of anilines is 1. The van der Waals surface area contributed by atoms with Crippen LogP contribution in [0.5, 0.6) is 0 Å². The van der Waals surface area contributed by atoms with Crippen LogP contribution in [0, 0.1) is 6.92 Å². The molecule has 0 spiro atoms. The van der Waals surface area contributed by atoms with Gasteiger partial charge in [-0.1, -0.05) is 12.1 Å². The van der Waals surface area contributed by atoms with Crippen molar-refractivity contribution in [2.24, 2.45) is 0 Å². The lowest BCUT2D eigenvalue weighted by molar-refractivity contribution is 0.0951. The molecule has 33 heavy (non-hydrogen) atoms. The number of nitrogens with zero attached hydrogens (tertiary/aromatic N) is 3. The number of piperidine rings is 1. The minimum absolute atomic E-state index is 0.0187. The Kier molecular flexibility index (Phi) is 5.58. The standard InChI is InChI=1S/C25H27N5O3/c1-15-2-3-17(23(31)27-19-5-6-19)13-21(15)16-4-7-22-18(12-16)14-26-24(29-22)30-10-8-20(9-11-30)28-25(32)33/h2-4,7,12-14,19-20,28H,5-6,8-11H2,1H3,(H,27,31)(H,32,33). The second-order valence-corrected chi connectivity index (χ2v) is 8.93. The zero-order chi connectivity index (χ0) is 22.9. The molecule has 1 saturated carbocycles. The van der Waals surface area contributed by atoms with Crippen molar-refractivity contribution in [1.29, 1.82) is 0 Å². The number of benzene rings is 2. The maximum absolute atomic E-state index is 12.5. The number of hydrogen-bond donors (Lipinski definition) is 3. The van der Waals surface area contributed by atoms with E-state index in [1.807, 2.05) is 43.5 Å². The van der Waals surface area contributed by atoms with Crippen molar-refractivity contribution in [3.63, 3.8) is 0 Å². The summed E-state index contributed by atoms with van der Waals surface area (Å²) in [7, 11) is 0. The summed E-state index contributed by atoms with van der Waals surface area (Å²) >= 11 is 0. The molecule has 170 valence electrons. The fraction of sp³-hybridized carbons (Fsp3) is 0.360. The van der Waals surface area contributed by atoms with Gasteiger partial charge in [0.2, 0.25) is 5.95 Å². The summed E-state index contributed by atoms with van der Waals surface area (Å²) in [5, 5.41) is 15.4. The summed E-state index contributed by atoms with van der Waals surface area (Å²) in [5.41, 5.74) is 4.69. The van der Waals surface area contributed by atoms with Gasteiger partial charge in [0.1, 0.15) is 0 Å². The fourth-order valence-electron chi connectivity index (χ4n) is 4.31. The highest BCUT2D eigenvalue weighted by molar-refractivity contribution is 5.96. The van der Waals surface area contributed by atoms with Crippen LogP contribution in [0.3, 0.4) is 0 Å². The molecule has 8 heteroatoms. The third-order valence-electron chi connectivity index (χ3n) is 6.40. The zero-order valence-electron chi connectivity index (χ0n) is 18.5. The van der Waals surface area contributed by atoms with Gasteiger partial charge in [0.05, 0.1) is 5.52 Å². The van der Waals surface area contributed by atoms with Crippen LogP contribution < -0.4 is 15.5 Å². The summed E-state index contributed by atoms with van der Waals surface area (Å²) in [6, 6.07) is 12.2. The number of hydrogen-bond acceptors (Lipinski definition) is 5. The Bertz CT molecular complexity index is 1220. The van der Waals surface area contributed by atoms with Gasteiger partial charge in [-0.3, -0.25) is 4.79 Å². The molecule has 1 aliphatic heterocycles. The minimum atomic E-state index is -0.976. The second kappa shape index (κ2) is 8.69. The first-order valence-electron chi connectivity index (χ1n) is 11.4. The lowest BCUT2D eigenvalue weighted by Crippen LogP contribution is -2.44. The van der Waals surface area contributed by atoms with Gasteiger partial charge in [-0.2, -0.15) is 0 Å². The van der Waals surface area contributed by atoms with E-state index in [1.54, 1.807) is 0 Å². The quantitative estimate of drug-likeness (QED) is 0.552. The van der Waals surface area contributed by atoms with Crippen molar-refractivity contribution < 1.29 is 14.7 Å². The molecule has 2 aromatic carbocycles. The van der Waals surface area contributed by atoms with E-state index in [4.69, 9.17) is 10.1 Å². The second-order valence-electron chi connectivity index (χ2n) is 8.93. The highest BCUT2D eigenvalue weighted by Gasteiger charge is 2.24. The number of aryl methyl sites for hydroxylation is 1. The van der Waals surface area contributed by atoms with E-state index in [-0.39, 0.29) is 11.9 Å². The topological polar surface area (TPSA) is 107 Å². The molecule has 3 aromatic rings. The predicted molar refractivity (Wildman–Crippen MR) is 127 cm³/mol. The van der Waals surface area contributed by atoms with Crippen LogP contribution in [0.15, 0.2) is 42.6 Å². The van der Waals surface area contributed by atoms with Crippen LogP contribution >= 0.6 is 0 Å². The Morgan fingerprint density at radius 3 is 2.48 bits per heavy atom. The van der Waals surface area contributed by atoms with Crippen LogP contribution in [0.1, 0.15) is 41.6 Å². The van der Waals surface area contributed by atoms with Gasteiger partial charge in [-0.05, 0) is 73.6 Å². The Hall–Kier alpha value is -3.68. The number of rotatable bonds is 5. The maximum Gasteiger partial charge on any atom is 0.404 e. The fourth-order valence-corrected chi connectivity index (χ4v) is 4.31. The van der Waals surface area contributed by atoms with E-state index in [2.05, 4.69) is 26.6 Å². The van der Waals surface area contributed by atoms with Gasteiger partial charge in [0.25, 0.3) is 5.91 Å². The summed E-state index contributed by atoms with van der Waals surface area (Å²) in [6.07, 6.45) is 4.45. The third kappa shape index (κ3) is 4.74. The number of aromatic nitrogens is 2. The zero-order valence-corrected chi connectivity index (χ0v) is 18.5. The number of carbonyl (C=O) groups excluding carboxylic acids is 1. The number of carboxylic acid groups (broad SMARTS) is 1. The van der Waals surface area contributed by atoms with Crippen molar-refractivity contribution in [1.82, 2.24) is 20.6 Å². The highest BCUT2D eigenvalue weighted by Crippen LogP contribution is 2.29. The van der Waals surface area contributed by atoms with Crippen molar-refractivity contribution >= 4 is 28.9 Å². The van der Waals surface area contributed by atoms with Gasteiger partial charge >= 0.3 is 6.09 Å². The molecule has 2 fully saturated rings. The highest BCUT2D eigenvalue weighted by atomic mass is 16.4. The van der Waals surface area contributed by atoms with E-state index in [0.717, 1.165) is 53.3 Å².